The highest BCUT2D eigenvalue weighted by Gasteiger charge is 2.34. The molecule has 1 saturated heterocycles. The Labute approximate surface area is 178 Å². The molecule has 3 amide bonds. The number of benzene rings is 2. The van der Waals surface area contributed by atoms with E-state index in [0.717, 1.165) is 16.0 Å². The highest BCUT2D eigenvalue weighted by atomic mass is 16.5. The average molecular weight is 418 g/mol. The Morgan fingerprint density at radius 2 is 1.71 bits per heavy atom. The van der Waals surface area contributed by atoms with Gasteiger partial charge in [0.25, 0.3) is 11.5 Å². The van der Waals surface area contributed by atoms with Gasteiger partial charge in [0, 0.05) is 7.11 Å². The maximum absolute atomic E-state index is 13.1. The zero-order valence-electron chi connectivity index (χ0n) is 17.2. The Hall–Kier alpha value is -3.91. The first-order valence-corrected chi connectivity index (χ1v) is 9.77. The van der Waals surface area contributed by atoms with Gasteiger partial charge in [0.05, 0.1) is 30.1 Å². The van der Waals surface area contributed by atoms with Crippen LogP contribution in [-0.2, 0) is 22.7 Å². The van der Waals surface area contributed by atoms with Crippen LogP contribution in [0.5, 0.6) is 0 Å². The van der Waals surface area contributed by atoms with Gasteiger partial charge >= 0.3 is 6.03 Å². The fraction of sp³-hybridized carbons (Fsp3) is 0.174. The molecular formula is C23H22N4O4. The van der Waals surface area contributed by atoms with E-state index in [0.29, 0.717) is 11.4 Å². The number of carbonyl (C=O) groups is 2. The predicted molar refractivity (Wildman–Crippen MR) is 115 cm³/mol. The number of nitrogens with zero attached hydrogens (tertiary/aromatic N) is 2. The summed E-state index contributed by atoms with van der Waals surface area (Å²) in [6.45, 7) is 2.22. The summed E-state index contributed by atoms with van der Waals surface area (Å²) in [6.07, 6.45) is 1.41. The smallest absolute Gasteiger partial charge is 0.329 e. The number of ether oxygens (including phenoxy) is 1. The molecule has 0 unspecified atom stereocenters. The molecule has 2 N–H and O–H groups in total. The summed E-state index contributed by atoms with van der Waals surface area (Å²) in [5.74, 6) is -0.483. The van der Waals surface area contributed by atoms with Crippen LogP contribution in [0.4, 0.5) is 4.79 Å². The molecule has 1 fully saturated rings. The Balaban J connectivity index is 1.69. The Morgan fingerprint density at radius 1 is 1.00 bits per heavy atom. The fourth-order valence-corrected chi connectivity index (χ4v) is 3.47. The number of aromatic nitrogens is 2. The summed E-state index contributed by atoms with van der Waals surface area (Å²) < 4.78 is 6.59. The van der Waals surface area contributed by atoms with E-state index >= 15 is 0 Å². The molecule has 8 nitrogen and oxygen atoms in total. The second-order valence-electron chi connectivity index (χ2n) is 7.22. The van der Waals surface area contributed by atoms with Crippen molar-refractivity contribution in [1.82, 2.24) is 20.0 Å². The van der Waals surface area contributed by atoms with Crippen LogP contribution in [0.25, 0.3) is 11.8 Å². The number of para-hydroxylation sites is 1. The summed E-state index contributed by atoms with van der Waals surface area (Å²) in [7, 11) is 1.52. The third-order valence-corrected chi connectivity index (χ3v) is 5.15. The highest BCUT2D eigenvalue weighted by molar-refractivity contribution is 6.13. The van der Waals surface area contributed by atoms with E-state index in [9.17, 15) is 14.4 Å². The van der Waals surface area contributed by atoms with Gasteiger partial charge in [0.15, 0.2) is 0 Å². The van der Waals surface area contributed by atoms with Crippen LogP contribution in [0, 0.1) is 6.92 Å². The Kier molecular flexibility index (Phi) is 5.55. The molecule has 1 aromatic heterocycles. The number of rotatable bonds is 6. The highest BCUT2D eigenvalue weighted by Crippen LogP contribution is 2.19. The number of nitrogens with one attached hydrogen (secondary N) is 2. The quantitative estimate of drug-likeness (QED) is 0.475. The van der Waals surface area contributed by atoms with Gasteiger partial charge in [0.2, 0.25) is 0 Å². The second-order valence-corrected chi connectivity index (χ2v) is 7.22. The van der Waals surface area contributed by atoms with Gasteiger partial charge in [-0.1, -0.05) is 42.5 Å². The van der Waals surface area contributed by atoms with Crippen LogP contribution in [0.2, 0.25) is 0 Å². The lowest BCUT2D eigenvalue weighted by atomic mass is 10.1. The van der Waals surface area contributed by atoms with E-state index in [4.69, 9.17) is 4.74 Å². The van der Waals surface area contributed by atoms with Crippen LogP contribution in [0.15, 0.2) is 65.1 Å². The molecule has 0 spiro atoms. The van der Waals surface area contributed by atoms with Gasteiger partial charge in [-0.15, -0.1) is 0 Å². The first kappa shape index (κ1) is 20.4. The summed E-state index contributed by atoms with van der Waals surface area (Å²) >= 11 is 0. The first-order valence-electron chi connectivity index (χ1n) is 9.77. The third kappa shape index (κ3) is 3.93. The number of amides is 3. The number of hydrogen-bond acceptors (Lipinski definition) is 4. The lowest BCUT2D eigenvalue weighted by Gasteiger charge is -2.13. The molecular weight excluding hydrogens is 396 g/mol. The monoisotopic (exact) mass is 418 g/mol. The Morgan fingerprint density at radius 3 is 2.42 bits per heavy atom. The molecule has 2 heterocycles. The number of imide groups is 1. The Bertz CT molecular complexity index is 1220. The summed E-state index contributed by atoms with van der Waals surface area (Å²) in [5.41, 5.74) is 2.98. The fourth-order valence-electron chi connectivity index (χ4n) is 3.47. The van der Waals surface area contributed by atoms with E-state index < -0.39 is 11.9 Å². The van der Waals surface area contributed by atoms with Crippen molar-refractivity contribution in [3.63, 3.8) is 0 Å². The number of hydrogen-bond donors (Lipinski definition) is 2. The topological polar surface area (TPSA) is 96.4 Å². The number of aromatic amines is 1. The number of urea groups is 1. The lowest BCUT2D eigenvalue weighted by molar-refractivity contribution is -0.123. The lowest BCUT2D eigenvalue weighted by Crippen LogP contribution is -2.30. The van der Waals surface area contributed by atoms with E-state index in [1.807, 2.05) is 49.4 Å². The minimum absolute atomic E-state index is 0.0484. The average Bonchev–Trinajstić information content (AvgIpc) is 3.22. The minimum atomic E-state index is -0.522. The largest absolute Gasteiger partial charge is 0.378 e. The van der Waals surface area contributed by atoms with Gasteiger partial charge in [-0.05, 0) is 36.3 Å². The molecule has 4 rings (SSSR count). The van der Waals surface area contributed by atoms with Crippen LogP contribution >= 0.6 is 0 Å². The van der Waals surface area contributed by atoms with Gasteiger partial charge in [-0.25, -0.2) is 9.48 Å². The SMILES string of the molecule is COCc1[nH]n(-c2ccccc2)c(=O)c1/C=C1\NC(=O)N(Cc2ccccc2C)C1=O. The molecule has 1 aliphatic heterocycles. The molecule has 0 radical (unpaired) electrons. The summed E-state index contributed by atoms with van der Waals surface area (Å²) in [4.78, 5) is 39.6. The molecule has 1 aliphatic rings. The molecule has 8 heteroatoms. The standard InChI is InChI=1S/C23H22N4O4/c1-15-8-6-7-9-16(15)13-26-22(29)19(24-23(26)30)12-18-20(14-31-2)25-27(21(18)28)17-10-4-3-5-11-17/h3-12,25H,13-14H2,1-2H3,(H,24,30)/b19-12-. The van der Waals surface area contributed by atoms with Crippen molar-refractivity contribution >= 4 is 18.0 Å². The van der Waals surface area contributed by atoms with E-state index in [1.165, 1.54) is 17.9 Å². The van der Waals surface area contributed by atoms with Crippen molar-refractivity contribution in [2.75, 3.05) is 7.11 Å². The van der Waals surface area contributed by atoms with Crippen LogP contribution in [0.3, 0.4) is 0 Å². The van der Waals surface area contributed by atoms with Gasteiger partial charge in [0.1, 0.15) is 5.70 Å². The second kappa shape index (κ2) is 8.45. The number of aryl methyl sites for hydroxylation is 1. The number of methoxy groups -OCH3 is 1. The third-order valence-electron chi connectivity index (χ3n) is 5.15. The molecule has 158 valence electrons. The van der Waals surface area contributed by atoms with Crippen LogP contribution in [-0.4, -0.2) is 33.7 Å². The van der Waals surface area contributed by atoms with E-state index in [2.05, 4.69) is 10.4 Å². The van der Waals surface area contributed by atoms with Crippen molar-refractivity contribution < 1.29 is 14.3 Å². The van der Waals surface area contributed by atoms with Crippen molar-refractivity contribution in [1.29, 1.82) is 0 Å². The summed E-state index contributed by atoms with van der Waals surface area (Å²) in [6, 6.07) is 16.1. The van der Waals surface area contributed by atoms with Gasteiger partial charge in [-0.3, -0.25) is 19.6 Å². The van der Waals surface area contributed by atoms with E-state index in [1.54, 1.807) is 12.1 Å². The first-order chi connectivity index (χ1) is 15.0. The van der Waals surface area contributed by atoms with Crippen molar-refractivity contribution in [3.8, 4) is 5.69 Å². The zero-order chi connectivity index (χ0) is 22.0. The van der Waals surface area contributed by atoms with Crippen molar-refractivity contribution in [2.24, 2.45) is 0 Å². The maximum atomic E-state index is 13.1. The van der Waals surface area contributed by atoms with Crippen LogP contribution in [0.1, 0.15) is 22.4 Å². The minimum Gasteiger partial charge on any atom is -0.378 e. The molecule has 0 atom stereocenters. The summed E-state index contributed by atoms with van der Waals surface area (Å²) in [5, 5.41) is 5.61. The van der Waals surface area contributed by atoms with E-state index in [-0.39, 0.29) is 30.0 Å². The predicted octanol–water partition coefficient (Wildman–Crippen LogP) is 2.71. The zero-order valence-corrected chi connectivity index (χ0v) is 17.2. The molecule has 2 aromatic carbocycles. The van der Waals surface area contributed by atoms with Crippen molar-refractivity contribution in [3.05, 3.63) is 93.0 Å². The molecule has 0 saturated carbocycles. The molecule has 3 aromatic rings. The van der Waals surface area contributed by atoms with Gasteiger partial charge in [-0.2, -0.15) is 0 Å². The number of carbonyl (C=O) groups excluding carboxylic acids is 2. The van der Waals surface area contributed by atoms with Gasteiger partial charge < -0.3 is 10.1 Å². The normalized spacial score (nSPS) is 15.0. The molecule has 0 aliphatic carbocycles. The molecule has 31 heavy (non-hydrogen) atoms. The maximum Gasteiger partial charge on any atom is 0.329 e. The number of H-pyrrole nitrogens is 1. The van der Waals surface area contributed by atoms with Crippen molar-refractivity contribution in [2.45, 2.75) is 20.1 Å². The van der Waals surface area contributed by atoms with Crippen LogP contribution < -0.4 is 10.9 Å². The molecule has 0 bridgehead atoms.